The number of carbonyl (C=O) groups excluding carboxylic acids is 1. The summed E-state index contributed by atoms with van der Waals surface area (Å²) in [6.45, 7) is 1.45. The van der Waals surface area contributed by atoms with E-state index in [0.717, 1.165) is 46.0 Å². The third-order valence-corrected chi connectivity index (χ3v) is 4.95. The molecule has 4 aromatic rings. The van der Waals surface area contributed by atoms with Crippen molar-refractivity contribution in [3.8, 4) is 11.3 Å². The highest BCUT2D eigenvalue weighted by molar-refractivity contribution is 6.31. The Morgan fingerprint density at radius 2 is 1.93 bits per heavy atom. The van der Waals surface area contributed by atoms with Crippen molar-refractivity contribution in [1.82, 2.24) is 20.6 Å². The number of fused-ring (bicyclic) bond motifs is 3. The number of rotatable bonds is 6. The van der Waals surface area contributed by atoms with Crippen LogP contribution in [0.15, 0.2) is 54.6 Å². The molecule has 6 heteroatoms. The molecule has 2 heterocycles. The van der Waals surface area contributed by atoms with Gasteiger partial charge in [0.25, 0.3) is 5.91 Å². The van der Waals surface area contributed by atoms with Crippen molar-refractivity contribution in [3.05, 3.63) is 65.3 Å². The number of nitrogens with one attached hydrogen (secondary N) is 3. The van der Waals surface area contributed by atoms with Gasteiger partial charge in [-0.3, -0.25) is 4.79 Å². The van der Waals surface area contributed by atoms with Gasteiger partial charge in [0.15, 0.2) is 0 Å². The highest BCUT2D eigenvalue weighted by Crippen LogP contribution is 2.33. The van der Waals surface area contributed by atoms with Gasteiger partial charge in [0.1, 0.15) is 5.69 Å². The van der Waals surface area contributed by atoms with E-state index in [9.17, 15) is 4.79 Å². The maximum Gasteiger partial charge on any atom is 0.269 e. The van der Waals surface area contributed by atoms with Crippen molar-refractivity contribution >= 4 is 39.3 Å². The molecule has 2 aromatic carbocycles. The number of halogens is 1. The first-order chi connectivity index (χ1) is 13.7. The highest BCUT2D eigenvalue weighted by atomic mass is 35.5. The Kier molecular flexibility index (Phi) is 5.28. The minimum absolute atomic E-state index is 0.174. The first-order valence-electron chi connectivity index (χ1n) is 9.27. The quantitative estimate of drug-likeness (QED) is 0.426. The van der Waals surface area contributed by atoms with E-state index in [-0.39, 0.29) is 5.91 Å². The molecule has 5 nitrogen and oxygen atoms in total. The summed E-state index contributed by atoms with van der Waals surface area (Å²) in [4.78, 5) is 20.9. The number of hydrogen-bond acceptors (Lipinski definition) is 3. The molecular formula is C22H21ClN4O. The van der Waals surface area contributed by atoms with Gasteiger partial charge in [0, 0.05) is 33.4 Å². The summed E-state index contributed by atoms with van der Waals surface area (Å²) in [5.74, 6) is -0.174. The molecule has 28 heavy (non-hydrogen) atoms. The zero-order chi connectivity index (χ0) is 19.5. The number of aromatic amines is 1. The second-order valence-corrected chi connectivity index (χ2v) is 7.11. The molecule has 2 aromatic heterocycles. The topological polar surface area (TPSA) is 69.8 Å². The second-order valence-electron chi connectivity index (χ2n) is 6.67. The van der Waals surface area contributed by atoms with E-state index in [1.54, 1.807) is 0 Å². The largest absolute Gasteiger partial charge is 0.353 e. The lowest BCUT2D eigenvalue weighted by molar-refractivity contribution is 0.0948. The molecule has 3 N–H and O–H groups in total. The molecule has 0 bridgehead atoms. The number of aromatic nitrogens is 2. The van der Waals surface area contributed by atoms with E-state index in [0.29, 0.717) is 17.3 Å². The zero-order valence-electron chi connectivity index (χ0n) is 15.6. The van der Waals surface area contributed by atoms with Crippen molar-refractivity contribution in [2.75, 3.05) is 20.1 Å². The smallest absolute Gasteiger partial charge is 0.269 e. The second kappa shape index (κ2) is 8.00. The van der Waals surface area contributed by atoms with Crippen LogP contribution in [0.5, 0.6) is 0 Å². The summed E-state index contributed by atoms with van der Waals surface area (Å²) in [5, 5.41) is 8.69. The van der Waals surface area contributed by atoms with E-state index in [1.807, 2.05) is 61.6 Å². The van der Waals surface area contributed by atoms with Crippen molar-refractivity contribution in [2.24, 2.45) is 0 Å². The monoisotopic (exact) mass is 392 g/mol. The van der Waals surface area contributed by atoms with Crippen LogP contribution in [0, 0.1) is 0 Å². The van der Waals surface area contributed by atoms with Gasteiger partial charge in [0.2, 0.25) is 0 Å². The summed E-state index contributed by atoms with van der Waals surface area (Å²) in [6, 6.07) is 17.4. The molecule has 0 radical (unpaired) electrons. The summed E-state index contributed by atoms with van der Waals surface area (Å²) >= 11 is 6.20. The normalized spacial score (nSPS) is 11.2. The van der Waals surface area contributed by atoms with Gasteiger partial charge >= 0.3 is 0 Å². The Morgan fingerprint density at radius 1 is 1.07 bits per heavy atom. The van der Waals surface area contributed by atoms with E-state index < -0.39 is 0 Å². The fourth-order valence-corrected chi connectivity index (χ4v) is 3.55. The van der Waals surface area contributed by atoms with Gasteiger partial charge < -0.3 is 15.6 Å². The maximum absolute atomic E-state index is 12.7. The fourth-order valence-electron chi connectivity index (χ4n) is 3.36. The van der Waals surface area contributed by atoms with Crippen molar-refractivity contribution in [3.63, 3.8) is 0 Å². The Balaban J connectivity index is 1.85. The average Bonchev–Trinajstić information content (AvgIpc) is 3.09. The van der Waals surface area contributed by atoms with Gasteiger partial charge in [-0.05, 0) is 44.3 Å². The molecule has 142 valence electrons. The molecule has 0 atom stereocenters. The molecular weight excluding hydrogens is 372 g/mol. The minimum atomic E-state index is -0.174. The standard InChI is InChI=1S/C22H21ClN4O/c1-24-10-5-11-25-22(28)19-13-17-16-8-2-3-9-18(16)26-21(17)20(27-19)14-6-4-7-15(23)12-14/h2-4,6-9,12-13,24,26H,5,10-11H2,1H3,(H,25,28). The molecule has 0 fully saturated rings. The summed E-state index contributed by atoms with van der Waals surface area (Å²) < 4.78 is 0. The Bertz CT molecular complexity index is 1150. The number of hydrogen-bond donors (Lipinski definition) is 3. The van der Waals surface area contributed by atoms with Crippen LogP contribution in [0.2, 0.25) is 5.02 Å². The lowest BCUT2D eigenvalue weighted by Crippen LogP contribution is -2.27. The Labute approximate surface area is 168 Å². The average molecular weight is 393 g/mol. The van der Waals surface area contributed by atoms with Gasteiger partial charge in [0.05, 0.1) is 11.2 Å². The number of carbonyl (C=O) groups is 1. The van der Waals surface area contributed by atoms with Crippen LogP contribution in [0.25, 0.3) is 33.1 Å². The van der Waals surface area contributed by atoms with Crippen LogP contribution in [0.4, 0.5) is 0 Å². The van der Waals surface area contributed by atoms with Crippen LogP contribution >= 0.6 is 11.6 Å². The maximum atomic E-state index is 12.7. The van der Waals surface area contributed by atoms with E-state index in [2.05, 4.69) is 20.6 Å². The number of benzene rings is 2. The SMILES string of the molecule is CNCCCNC(=O)c1cc2c([nH]c3ccccc32)c(-c2cccc(Cl)c2)n1. The van der Waals surface area contributed by atoms with Gasteiger partial charge in [-0.15, -0.1) is 0 Å². The molecule has 0 aliphatic heterocycles. The van der Waals surface area contributed by atoms with Crippen LogP contribution in [0.1, 0.15) is 16.9 Å². The van der Waals surface area contributed by atoms with E-state index >= 15 is 0 Å². The van der Waals surface area contributed by atoms with Crippen LogP contribution in [-0.4, -0.2) is 36.0 Å². The molecule has 0 spiro atoms. The van der Waals surface area contributed by atoms with E-state index in [1.165, 1.54) is 0 Å². The zero-order valence-corrected chi connectivity index (χ0v) is 16.3. The van der Waals surface area contributed by atoms with E-state index in [4.69, 9.17) is 11.6 Å². The van der Waals surface area contributed by atoms with Gasteiger partial charge in [-0.2, -0.15) is 0 Å². The predicted molar refractivity (Wildman–Crippen MR) is 115 cm³/mol. The van der Waals surface area contributed by atoms with Crippen molar-refractivity contribution in [2.45, 2.75) is 6.42 Å². The van der Waals surface area contributed by atoms with Crippen molar-refractivity contribution < 1.29 is 4.79 Å². The molecule has 0 aliphatic rings. The molecule has 1 amide bonds. The third-order valence-electron chi connectivity index (χ3n) is 4.72. The van der Waals surface area contributed by atoms with Crippen LogP contribution < -0.4 is 10.6 Å². The Morgan fingerprint density at radius 3 is 2.75 bits per heavy atom. The number of nitrogens with zero attached hydrogens (tertiary/aromatic N) is 1. The number of H-pyrrole nitrogens is 1. The predicted octanol–water partition coefficient (Wildman–Crippen LogP) is 4.38. The summed E-state index contributed by atoms with van der Waals surface area (Å²) in [7, 11) is 1.89. The lowest BCUT2D eigenvalue weighted by atomic mass is 10.1. The Hall–Kier alpha value is -2.89. The molecule has 0 aliphatic carbocycles. The summed E-state index contributed by atoms with van der Waals surface area (Å²) in [6.07, 6.45) is 0.860. The molecule has 0 saturated carbocycles. The first kappa shape index (κ1) is 18.5. The highest BCUT2D eigenvalue weighted by Gasteiger charge is 2.17. The molecule has 0 saturated heterocycles. The van der Waals surface area contributed by atoms with Crippen LogP contribution in [0.3, 0.4) is 0 Å². The minimum Gasteiger partial charge on any atom is -0.353 e. The van der Waals surface area contributed by atoms with Crippen LogP contribution in [-0.2, 0) is 0 Å². The van der Waals surface area contributed by atoms with Crippen molar-refractivity contribution in [1.29, 1.82) is 0 Å². The number of amides is 1. The molecule has 0 unspecified atom stereocenters. The number of pyridine rings is 1. The number of para-hydroxylation sites is 1. The van der Waals surface area contributed by atoms with Gasteiger partial charge in [-0.25, -0.2) is 4.98 Å². The van der Waals surface area contributed by atoms with Gasteiger partial charge in [-0.1, -0.05) is 41.9 Å². The lowest BCUT2D eigenvalue weighted by Gasteiger charge is -2.09. The fraction of sp³-hybridized carbons (Fsp3) is 0.182. The summed E-state index contributed by atoms with van der Waals surface area (Å²) in [5.41, 5.74) is 3.89. The third kappa shape index (κ3) is 3.59. The first-order valence-corrected chi connectivity index (χ1v) is 9.65. The molecule has 4 rings (SSSR count).